The highest BCUT2D eigenvalue weighted by Crippen LogP contribution is 2.42. The van der Waals surface area contributed by atoms with E-state index in [2.05, 4.69) is 10.3 Å². The number of rotatable bonds is 4. The molecule has 2 atom stereocenters. The van der Waals surface area contributed by atoms with E-state index in [1.165, 1.54) is 4.90 Å². The lowest BCUT2D eigenvalue weighted by Gasteiger charge is -2.33. The van der Waals surface area contributed by atoms with Crippen LogP contribution in [0.1, 0.15) is 47.9 Å². The molecule has 0 saturated carbocycles. The van der Waals surface area contributed by atoms with Gasteiger partial charge in [0.05, 0.1) is 17.3 Å². The fourth-order valence-electron chi connectivity index (χ4n) is 4.78. The van der Waals surface area contributed by atoms with Crippen molar-refractivity contribution in [3.05, 3.63) is 65.4 Å². The summed E-state index contributed by atoms with van der Waals surface area (Å²) in [4.78, 5) is 45.9. The van der Waals surface area contributed by atoms with Gasteiger partial charge in [-0.3, -0.25) is 9.59 Å². The number of imide groups is 1. The number of aromatic amines is 1. The Morgan fingerprint density at radius 1 is 1.13 bits per heavy atom. The van der Waals surface area contributed by atoms with Crippen molar-refractivity contribution in [3.63, 3.8) is 0 Å². The Hall–Kier alpha value is -3.61. The summed E-state index contributed by atoms with van der Waals surface area (Å²) in [6.45, 7) is 4.44. The quantitative estimate of drug-likeness (QED) is 0.635. The van der Waals surface area contributed by atoms with Crippen molar-refractivity contribution in [3.8, 4) is 0 Å². The topological polar surface area (TPSA) is 85.5 Å². The summed E-state index contributed by atoms with van der Waals surface area (Å²) in [5.41, 5.74) is 3.72. The Morgan fingerprint density at radius 3 is 2.68 bits per heavy atom. The van der Waals surface area contributed by atoms with Crippen LogP contribution in [0.3, 0.4) is 0 Å². The molecule has 1 aromatic heterocycles. The van der Waals surface area contributed by atoms with Gasteiger partial charge in [-0.05, 0) is 37.1 Å². The van der Waals surface area contributed by atoms with Crippen molar-refractivity contribution in [2.45, 2.75) is 38.8 Å². The zero-order valence-electron chi connectivity index (χ0n) is 17.5. The zero-order chi connectivity index (χ0) is 21.7. The Morgan fingerprint density at radius 2 is 1.87 bits per heavy atom. The first-order valence-electron chi connectivity index (χ1n) is 10.7. The van der Waals surface area contributed by atoms with Crippen LogP contribution in [0.25, 0.3) is 10.9 Å². The summed E-state index contributed by atoms with van der Waals surface area (Å²) >= 11 is 0. The van der Waals surface area contributed by atoms with Crippen LogP contribution in [0.2, 0.25) is 0 Å². The molecule has 0 unspecified atom stereocenters. The number of carbonyl (C=O) groups is 3. The second-order valence-electron chi connectivity index (χ2n) is 8.10. The van der Waals surface area contributed by atoms with Crippen molar-refractivity contribution in [1.29, 1.82) is 0 Å². The van der Waals surface area contributed by atoms with Gasteiger partial charge in [0.1, 0.15) is 6.04 Å². The molecular formula is C24H24N4O3. The molecule has 7 heteroatoms. The summed E-state index contributed by atoms with van der Waals surface area (Å²) < 4.78 is 0. The molecule has 2 aromatic carbocycles. The number of nitrogens with zero attached hydrogens (tertiary/aromatic N) is 2. The third kappa shape index (κ3) is 2.84. The molecule has 158 valence electrons. The molecule has 2 aliphatic rings. The van der Waals surface area contributed by atoms with Crippen LogP contribution in [0.15, 0.2) is 48.5 Å². The number of amides is 4. The van der Waals surface area contributed by atoms with E-state index in [0.717, 1.165) is 28.6 Å². The van der Waals surface area contributed by atoms with Gasteiger partial charge < -0.3 is 15.2 Å². The Labute approximate surface area is 180 Å². The fraction of sp³-hybridized carbons (Fsp3) is 0.292. The lowest BCUT2D eigenvalue weighted by Crippen LogP contribution is -2.42. The minimum absolute atomic E-state index is 0.274. The van der Waals surface area contributed by atoms with E-state index >= 15 is 0 Å². The number of fused-ring (bicyclic) bond motifs is 4. The molecule has 0 spiro atoms. The van der Waals surface area contributed by atoms with E-state index in [9.17, 15) is 14.4 Å². The number of para-hydroxylation sites is 2. The van der Waals surface area contributed by atoms with Crippen molar-refractivity contribution in [2.75, 3.05) is 11.4 Å². The van der Waals surface area contributed by atoms with Crippen LogP contribution in [-0.2, 0) is 11.2 Å². The largest absolute Gasteiger partial charge is 0.356 e. The number of aromatic nitrogens is 1. The molecule has 2 aliphatic heterocycles. The number of anilines is 1. The minimum Gasteiger partial charge on any atom is -0.356 e. The molecule has 5 rings (SSSR count). The standard InChI is InChI=1S/C24H24N4O3/c1-3-12-25-22(29)16-9-5-7-11-19(16)28-23(30)20-13-17-15-8-4-6-10-18(15)26-21(17)14(2)27(20)24(28)31/h4-11,14,20,26H,3,12-13H2,1-2H3,(H,25,29)/t14-,20+/m1/s1. The highest BCUT2D eigenvalue weighted by molar-refractivity contribution is 6.24. The Balaban J connectivity index is 1.54. The minimum atomic E-state index is -0.582. The van der Waals surface area contributed by atoms with Crippen LogP contribution >= 0.6 is 0 Å². The maximum absolute atomic E-state index is 13.5. The SMILES string of the molecule is CCCNC(=O)c1ccccc1N1C(=O)[C@@H]2Cc3c([nH]c4ccccc34)[C@@H](C)N2C1=O. The predicted octanol–water partition coefficient (Wildman–Crippen LogP) is 3.76. The summed E-state index contributed by atoms with van der Waals surface area (Å²) in [7, 11) is 0. The maximum atomic E-state index is 13.5. The molecule has 7 nitrogen and oxygen atoms in total. The number of carbonyl (C=O) groups excluding carboxylic acids is 3. The van der Waals surface area contributed by atoms with E-state index in [-0.39, 0.29) is 23.9 Å². The Bertz CT molecular complexity index is 1210. The molecule has 1 saturated heterocycles. The van der Waals surface area contributed by atoms with Gasteiger partial charge in [0.2, 0.25) is 0 Å². The second kappa shape index (κ2) is 7.27. The van der Waals surface area contributed by atoms with E-state index in [4.69, 9.17) is 0 Å². The molecule has 3 heterocycles. The van der Waals surface area contributed by atoms with Gasteiger partial charge in [0.25, 0.3) is 11.8 Å². The third-order valence-electron chi connectivity index (χ3n) is 6.26. The molecule has 2 N–H and O–H groups in total. The van der Waals surface area contributed by atoms with Crippen LogP contribution < -0.4 is 10.2 Å². The second-order valence-corrected chi connectivity index (χ2v) is 8.10. The van der Waals surface area contributed by atoms with Crippen molar-refractivity contribution in [2.24, 2.45) is 0 Å². The molecular weight excluding hydrogens is 392 g/mol. The molecule has 0 radical (unpaired) electrons. The number of urea groups is 1. The molecule has 4 amide bonds. The normalized spacial score (nSPS) is 20.2. The monoisotopic (exact) mass is 416 g/mol. The third-order valence-corrected chi connectivity index (χ3v) is 6.26. The van der Waals surface area contributed by atoms with Gasteiger partial charge >= 0.3 is 6.03 Å². The van der Waals surface area contributed by atoms with Crippen molar-refractivity contribution < 1.29 is 14.4 Å². The molecule has 1 fully saturated rings. The van der Waals surface area contributed by atoms with E-state index in [0.29, 0.717) is 24.2 Å². The van der Waals surface area contributed by atoms with Crippen molar-refractivity contribution >= 4 is 34.4 Å². The van der Waals surface area contributed by atoms with Gasteiger partial charge in [-0.1, -0.05) is 37.3 Å². The number of benzene rings is 2. The van der Waals surface area contributed by atoms with Crippen LogP contribution in [-0.4, -0.2) is 40.3 Å². The van der Waals surface area contributed by atoms with E-state index < -0.39 is 6.04 Å². The zero-order valence-corrected chi connectivity index (χ0v) is 17.5. The first-order valence-corrected chi connectivity index (χ1v) is 10.7. The van der Waals surface area contributed by atoms with Crippen LogP contribution in [0, 0.1) is 0 Å². The van der Waals surface area contributed by atoms with Gasteiger partial charge in [0, 0.05) is 29.6 Å². The molecule has 3 aromatic rings. The average molecular weight is 416 g/mol. The van der Waals surface area contributed by atoms with Gasteiger partial charge in [-0.2, -0.15) is 0 Å². The highest BCUT2D eigenvalue weighted by Gasteiger charge is 2.52. The average Bonchev–Trinajstić information content (AvgIpc) is 3.28. The summed E-state index contributed by atoms with van der Waals surface area (Å²) in [5, 5.41) is 3.92. The van der Waals surface area contributed by atoms with E-state index in [1.54, 1.807) is 29.2 Å². The van der Waals surface area contributed by atoms with Crippen LogP contribution in [0.5, 0.6) is 0 Å². The molecule has 0 aliphatic carbocycles. The van der Waals surface area contributed by atoms with Gasteiger partial charge in [-0.25, -0.2) is 9.69 Å². The highest BCUT2D eigenvalue weighted by atomic mass is 16.2. The summed E-state index contributed by atoms with van der Waals surface area (Å²) in [6, 6.07) is 13.5. The van der Waals surface area contributed by atoms with Gasteiger partial charge in [-0.15, -0.1) is 0 Å². The number of hydrogen-bond acceptors (Lipinski definition) is 3. The number of H-pyrrole nitrogens is 1. The van der Waals surface area contributed by atoms with Gasteiger partial charge in [0.15, 0.2) is 0 Å². The van der Waals surface area contributed by atoms with Crippen molar-refractivity contribution in [1.82, 2.24) is 15.2 Å². The van der Waals surface area contributed by atoms with E-state index in [1.807, 2.05) is 38.1 Å². The lowest BCUT2D eigenvalue weighted by atomic mass is 9.93. The number of hydrogen-bond donors (Lipinski definition) is 2. The fourth-order valence-corrected chi connectivity index (χ4v) is 4.78. The first kappa shape index (κ1) is 19.4. The molecule has 0 bridgehead atoms. The summed E-state index contributed by atoms with van der Waals surface area (Å²) in [5.74, 6) is -0.573. The van der Waals surface area contributed by atoms with Crippen LogP contribution in [0.4, 0.5) is 10.5 Å². The summed E-state index contributed by atoms with van der Waals surface area (Å²) in [6.07, 6.45) is 1.25. The lowest BCUT2D eigenvalue weighted by molar-refractivity contribution is -0.120. The maximum Gasteiger partial charge on any atom is 0.332 e. The Kier molecular flexibility index (Phi) is 4.54. The first-order chi connectivity index (χ1) is 15.0. The molecule has 31 heavy (non-hydrogen) atoms. The number of nitrogens with one attached hydrogen (secondary N) is 2. The smallest absolute Gasteiger partial charge is 0.332 e. The predicted molar refractivity (Wildman–Crippen MR) is 118 cm³/mol.